The summed E-state index contributed by atoms with van der Waals surface area (Å²) in [5.41, 5.74) is 0. The van der Waals surface area contributed by atoms with Crippen molar-refractivity contribution in [1.29, 1.82) is 0 Å². The highest BCUT2D eigenvalue weighted by atomic mass is 32.2. The number of hydrogen-bond donors (Lipinski definition) is 0. The van der Waals surface area contributed by atoms with Crippen LogP contribution in [0, 0.1) is 5.92 Å². The maximum absolute atomic E-state index is 12.2. The molecule has 3 atom stereocenters. The van der Waals surface area contributed by atoms with Crippen LogP contribution >= 0.6 is 23.5 Å². The van der Waals surface area contributed by atoms with Crippen LogP contribution in [0.3, 0.4) is 0 Å². The van der Waals surface area contributed by atoms with Gasteiger partial charge in [0.25, 0.3) is 0 Å². The molecular formula is C13H24OS2. The van der Waals surface area contributed by atoms with Gasteiger partial charge in [0, 0.05) is 23.2 Å². The van der Waals surface area contributed by atoms with Crippen molar-refractivity contribution in [2.45, 2.75) is 57.0 Å². The van der Waals surface area contributed by atoms with E-state index in [-0.39, 0.29) is 5.25 Å². The third kappa shape index (κ3) is 4.33. The lowest BCUT2D eigenvalue weighted by molar-refractivity contribution is -0.119. The second-order valence-electron chi connectivity index (χ2n) is 4.67. The van der Waals surface area contributed by atoms with Gasteiger partial charge in [0.05, 0.1) is 5.25 Å². The number of carbonyl (C=O) groups is 1. The van der Waals surface area contributed by atoms with Gasteiger partial charge in [-0.3, -0.25) is 4.79 Å². The lowest BCUT2D eigenvalue weighted by Crippen LogP contribution is -2.33. The third-order valence-electron chi connectivity index (χ3n) is 3.10. The van der Waals surface area contributed by atoms with Gasteiger partial charge in [-0.1, -0.05) is 33.6 Å². The Balaban J connectivity index is 2.44. The molecular weight excluding hydrogens is 236 g/mol. The van der Waals surface area contributed by atoms with Gasteiger partial charge >= 0.3 is 0 Å². The highest BCUT2D eigenvalue weighted by Gasteiger charge is 2.31. The van der Waals surface area contributed by atoms with Crippen molar-refractivity contribution >= 4 is 29.3 Å². The molecule has 1 aliphatic rings. The van der Waals surface area contributed by atoms with Crippen molar-refractivity contribution in [2.75, 3.05) is 11.5 Å². The van der Waals surface area contributed by atoms with Crippen LogP contribution in [0.15, 0.2) is 0 Å². The summed E-state index contributed by atoms with van der Waals surface area (Å²) in [7, 11) is 0. The molecule has 16 heavy (non-hydrogen) atoms. The number of thioether (sulfide) groups is 2. The van der Waals surface area contributed by atoms with Gasteiger partial charge < -0.3 is 0 Å². The predicted octanol–water partition coefficient (Wildman–Crippen LogP) is 4.01. The van der Waals surface area contributed by atoms with Crippen LogP contribution in [0.1, 0.15) is 46.5 Å². The standard InChI is InChI=1S/C13H24OS2/c1-4-6-10(3)9-11(14)13-12(5-2)15-7-8-16-13/h10,12-13H,4-9H2,1-3H3. The lowest BCUT2D eigenvalue weighted by Gasteiger charge is -2.29. The van der Waals surface area contributed by atoms with Crippen molar-refractivity contribution in [2.24, 2.45) is 5.92 Å². The molecule has 1 aliphatic heterocycles. The summed E-state index contributed by atoms with van der Waals surface area (Å²) in [6.45, 7) is 6.61. The van der Waals surface area contributed by atoms with E-state index in [0.717, 1.165) is 18.6 Å². The zero-order valence-electron chi connectivity index (χ0n) is 10.7. The maximum atomic E-state index is 12.2. The van der Waals surface area contributed by atoms with E-state index in [0.29, 0.717) is 17.0 Å². The first kappa shape index (κ1) is 14.4. The highest BCUT2D eigenvalue weighted by Crippen LogP contribution is 2.35. The average Bonchev–Trinajstić information content (AvgIpc) is 2.29. The molecule has 0 spiro atoms. The predicted molar refractivity (Wildman–Crippen MR) is 76.5 cm³/mol. The second kappa shape index (κ2) is 7.65. The van der Waals surface area contributed by atoms with Crippen molar-refractivity contribution in [3.8, 4) is 0 Å². The fourth-order valence-electron chi connectivity index (χ4n) is 2.26. The van der Waals surface area contributed by atoms with E-state index in [1.165, 1.54) is 18.6 Å². The Labute approximate surface area is 109 Å². The zero-order valence-corrected chi connectivity index (χ0v) is 12.3. The Morgan fingerprint density at radius 2 is 2.00 bits per heavy atom. The summed E-state index contributed by atoms with van der Waals surface area (Å²) in [6.07, 6.45) is 4.31. The van der Waals surface area contributed by atoms with Gasteiger partial charge in [-0.2, -0.15) is 11.8 Å². The number of carbonyl (C=O) groups excluding carboxylic acids is 1. The third-order valence-corrected chi connectivity index (χ3v) is 6.40. The summed E-state index contributed by atoms with van der Waals surface area (Å²) in [5, 5.41) is 0.850. The van der Waals surface area contributed by atoms with E-state index in [4.69, 9.17) is 0 Å². The summed E-state index contributed by atoms with van der Waals surface area (Å²) in [6, 6.07) is 0. The Morgan fingerprint density at radius 1 is 1.31 bits per heavy atom. The zero-order chi connectivity index (χ0) is 12.0. The molecule has 1 fully saturated rings. The van der Waals surface area contributed by atoms with Crippen molar-refractivity contribution in [3.63, 3.8) is 0 Å². The smallest absolute Gasteiger partial charge is 0.147 e. The normalized spacial score (nSPS) is 27.7. The Morgan fingerprint density at radius 3 is 2.62 bits per heavy atom. The Hall–Kier alpha value is 0.370. The van der Waals surface area contributed by atoms with Gasteiger partial charge in [0.15, 0.2) is 0 Å². The quantitative estimate of drug-likeness (QED) is 0.718. The summed E-state index contributed by atoms with van der Waals surface area (Å²) >= 11 is 3.89. The second-order valence-corrected chi connectivity index (χ2v) is 7.27. The number of ketones is 1. The summed E-state index contributed by atoms with van der Waals surface area (Å²) in [4.78, 5) is 12.2. The van der Waals surface area contributed by atoms with E-state index in [9.17, 15) is 4.79 Å². The minimum Gasteiger partial charge on any atom is -0.298 e. The van der Waals surface area contributed by atoms with Gasteiger partial charge in [0.1, 0.15) is 5.78 Å². The van der Waals surface area contributed by atoms with Crippen LogP contribution in [0.4, 0.5) is 0 Å². The highest BCUT2D eigenvalue weighted by molar-refractivity contribution is 8.07. The number of Topliss-reactive ketones (excluding diaryl/α,β-unsaturated/α-hetero) is 1. The van der Waals surface area contributed by atoms with Crippen molar-refractivity contribution < 1.29 is 4.79 Å². The van der Waals surface area contributed by atoms with Crippen LogP contribution in [-0.2, 0) is 4.79 Å². The molecule has 3 heteroatoms. The molecule has 1 rings (SSSR count). The fraction of sp³-hybridized carbons (Fsp3) is 0.923. The van der Waals surface area contributed by atoms with Gasteiger partial charge in [0.2, 0.25) is 0 Å². The minimum atomic E-state index is 0.281. The van der Waals surface area contributed by atoms with Crippen LogP contribution < -0.4 is 0 Å². The van der Waals surface area contributed by atoms with E-state index < -0.39 is 0 Å². The first-order valence-electron chi connectivity index (χ1n) is 6.44. The van der Waals surface area contributed by atoms with Gasteiger partial charge in [-0.25, -0.2) is 0 Å². The van der Waals surface area contributed by atoms with Crippen LogP contribution in [-0.4, -0.2) is 27.8 Å². The van der Waals surface area contributed by atoms with Crippen molar-refractivity contribution in [3.05, 3.63) is 0 Å². The first-order valence-corrected chi connectivity index (χ1v) is 8.54. The van der Waals surface area contributed by atoms with Crippen molar-refractivity contribution in [1.82, 2.24) is 0 Å². The molecule has 0 saturated carbocycles. The molecule has 0 aliphatic carbocycles. The lowest BCUT2D eigenvalue weighted by atomic mass is 9.97. The SMILES string of the molecule is CCCC(C)CC(=O)C1SCCSC1CC. The summed E-state index contributed by atoms with van der Waals surface area (Å²) in [5.74, 6) is 3.45. The maximum Gasteiger partial charge on any atom is 0.147 e. The molecule has 0 N–H and O–H groups in total. The topological polar surface area (TPSA) is 17.1 Å². The van der Waals surface area contributed by atoms with E-state index in [1.54, 1.807) is 0 Å². The number of hydrogen-bond acceptors (Lipinski definition) is 3. The average molecular weight is 260 g/mol. The molecule has 3 unspecified atom stereocenters. The van der Waals surface area contributed by atoms with E-state index in [1.807, 2.05) is 23.5 Å². The molecule has 0 amide bonds. The Kier molecular flexibility index (Phi) is 6.90. The first-order chi connectivity index (χ1) is 7.69. The summed E-state index contributed by atoms with van der Waals surface area (Å²) < 4.78 is 0. The molecule has 0 aromatic carbocycles. The largest absolute Gasteiger partial charge is 0.298 e. The van der Waals surface area contributed by atoms with E-state index in [2.05, 4.69) is 20.8 Å². The minimum absolute atomic E-state index is 0.281. The Bertz CT molecular complexity index is 218. The van der Waals surface area contributed by atoms with Crippen LogP contribution in [0.25, 0.3) is 0 Å². The molecule has 0 aromatic heterocycles. The van der Waals surface area contributed by atoms with Gasteiger partial charge in [-0.15, -0.1) is 11.8 Å². The monoisotopic (exact) mass is 260 g/mol. The molecule has 1 heterocycles. The van der Waals surface area contributed by atoms with E-state index >= 15 is 0 Å². The fourth-order valence-corrected chi connectivity index (χ4v) is 5.31. The molecule has 1 nitrogen and oxygen atoms in total. The molecule has 0 radical (unpaired) electrons. The van der Waals surface area contributed by atoms with Crippen LogP contribution in [0.2, 0.25) is 0 Å². The molecule has 1 saturated heterocycles. The molecule has 94 valence electrons. The molecule has 0 aromatic rings. The van der Waals surface area contributed by atoms with Gasteiger partial charge in [-0.05, 0) is 12.3 Å². The van der Waals surface area contributed by atoms with Crippen LogP contribution in [0.5, 0.6) is 0 Å². The number of rotatable bonds is 6. The molecule has 0 bridgehead atoms.